The van der Waals surface area contributed by atoms with E-state index in [2.05, 4.69) is 15.8 Å². The molecule has 0 aliphatic carbocycles. The highest BCUT2D eigenvalue weighted by atomic mass is 32.1. The zero-order chi connectivity index (χ0) is 14.3. The predicted octanol–water partition coefficient (Wildman–Crippen LogP) is 1.67. The quantitative estimate of drug-likeness (QED) is 0.473. The third-order valence-corrected chi connectivity index (χ3v) is 3.25. The van der Waals surface area contributed by atoms with Crippen LogP contribution in [0.5, 0.6) is 0 Å². The summed E-state index contributed by atoms with van der Waals surface area (Å²) in [5.74, 6) is -0.327. The van der Waals surface area contributed by atoms with E-state index in [4.69, 9.17) is 0 Å². The first-order chi connectivity index (χ1) is 8.99. The number of thiophene rings is 1. The zero-order valence-corrected chi connectivity index (χ0v) is 12.2. The lowest BCUT2D eigenvalue weighted by molar-refractivity contribution is -0.129. The lowest BCUT2D eigenvalue weighted by Gasteiger charge is -2.06. The SMILES string of the molecule is Cc1ccsc1C=NNC(=O)CC(=O)NCC(C)C. The van der Waals surface area contributed by atoms with Gasteiger partial charge in [0.05, 0.1) is 6.21 Å². The fourth-order valence-corrected chi connectivity index (χ4v) is 2.03. The van der Waals surface area contributed by atoms with Gasteiger partial charge in [0.1, 0.15) is 6.42 Å². The van der Waals surface area contributed by atoms with E-state index >= 15 is 0 Å². The molecule has 0 spiro atoms. The maximum absolute atomic E-state index is 11.4. The lowest BCUT2D eigenvalue weighted by Crippen LogP contribution is -2.32. The summed E-state index contributed by atoms with van der Waals surface area (Å²) in [6.07, 6.45) is 1.39. The van der Waals surface area contributed by atoms with Crippen molar-refractivity contribution in [1.29, 1.82) is 0 Å². The standard InChI is InChI=1S/C13H19N3O2S/c1-9(2)7-14-12(17)6-13(18)16-15-8-11-10(3)4-5-19-11/h4-5,8-9H,6-7H2,1-3H3,(H,14,17)(H,16,18). The van der Waals surface area contributed by atoms with Crippen molar-refractivity contribution in [2.75, 3.05) is 6.54 Å². The Morgan fingerprint density at radius 2 is 2.16 bits per heavy atom. The number of carbonyl (C=O) groups is 2. The molecule has 6 heteroatoms. The van der Waals surface area contributed by atoms with Gasteiger partial charge in [0.2, 0.25) is 11.8 Å². The van der Waals surface area contributed by atoms with Crippen molar-refractivity contribution in [2.45, 2.75) is 27.2 Å². The van der Waals surface area contributed by atoms with Gasteiger partial charge in [0.25, 0.3) is 0 Å². The highest BCUT2D eigenvalue weighted by Crippen LogP contribution is 2.12. The minimum absolute atomic E-state index is 0.201. The number of hydrogen-bond acceptors (Lipinski definition) is 4. The van der Waals surface area contributed by atoms with Crippen LogP contribution in [0, 0.1) is 12.8 Å². The third kappa shape index (κ3) is 6.15. The Hall–Kier alpha value is -1.69. The van der Waals surface area contributed by atoms with E-state index in [1.165, 1.54) is 0 Å². The third-order valence-electron chi connectivity index (χ3n) is 2.30. The highest BCUT2D eigenvalue weighted by Gasteiger charge is 2.08. The van der Waals surface area contributed by atoms with E-state index in [1.54, 1.807) is 17.6 Å². The molecule has 0 aliphatic rings. The van der Waals surface area contributed by atoms with Crippen molar-refractivity contribution in [3.05, 3.63) is 21.9 Å². The van der Waals surface area contributed by atoms with Crippen LogP contribution in [0.1, 0.15) is 30.7 Å². The molecule has 0 bridgehead atoms. The van der Waals surface area contributed by atoms with E-state index in [9.17, 15) is 9.59 Å². The molecule has 0 atom stereocenters. The van der Waals surface area contributed by atoms with Gasteiger partial charge in [-0.25, -0.2) is 5.43 Å². The summed E-state index contributed by atoms with van der Waals surface area (Å²) >= 11 is 1.55. The molecule has 104 valence electrons. The van der Waals surface area contributed by atoms with Gasteiger partial charge in [-0.05, 0) is 29.9 Å². The Morgan fingerprint density at radius 3 is 2.74 bits per heavy atom. The van der Waals surface area contributed by atoms with Crippen molar-refractivity contribution < 1.29 is 9.59 Å². The molecule has 19 heavy (non-hydrogen) atoms. The first kappa shape index (κ1) is 15.4. The molecule has 0 radical (unpaired) electrons. The summed E-state index contributed by atoms with van der Waals surface area (Å²) in [5.41, 5.74) is 3.45. The number of amides is 2. The number of nitrogens with zero attached hydrogens (tertiary/aromatic N) is 1. The van der Waals surface area contributed by atoms with Gasteiger partial charge >= 0.3 is 0 Å². The van der Waals surface area contributed by atoms with Crippen LogP contribution in [0.15, 0.2) is 16.5 Å². The smallest absolute Gasteiger partial charge is 0.249 e. The largest absolute Gasteiger partial charge is 0.355 e. The molecule has 2 amide bonds. The molecule has 0 aliphatic heterocycles. The number of hydrogen-bond donors (Lipinski definition) is 2. The number of aryl methyl sites for hydroxylation is 1. The van der Waals surface area contributed by atoms with Gasteiger partial charge in [-0.1, -0.05) is 13.8 Å². The predicted molar refractivity (Wildman–Crippen MR) is 77.3 cm³/mol. The normalized spacial score (nSPS) is 10.9. The second-order valence-corrected chi connectivity index (χ2v) is 5.58. The summed E-state index contributed by atoms with van der Waals surface area (Å²) in [6.45, 7) is 6.53. The Bertz CT molecular complexity index is 466. The molecule has 0 saturated heterocycles. The fourth-order valence-electron chi connectivity index (χ4n) is 1.25. The summed E-state index contributed by atoms with van der Waals surface area (Å²) < 4.78 is 0. The van der Waals surface area contributed by atoms with E-state index in [-0.39, 0.29) is 12.3 Å². The van der Waals surface area contributed by atoms with E-state index in [0.29, 0.717) is 12.5 Å². The van der Waals surface area contributed by atoms with Crippen LogP contribution in [0.4, 0.5) is 0 Å². The molecule has 0 saturated carbocycles. The molecule has 1 aromatic rings. The first-order valence-electron chi connectivity index (χ1n) is 6.11. The first-order valence-corrected chi connectivity index (χ1v) is 6.99. The molecular formula is C13H19N3O2S. The summed E-state index contributed by atoms with van der Waals surface area (Å²) in [4.78, 5) is 23.8. The van der Waals surface area contributed by atoms with Gasteiger partial charge in [-0.3, -0.25) is 9.59 Å². The lowest BCUT2D eigenvalue weighted by atomic mass is 10.2. The van der Waals surface area contributed by atoms with Crippen LogP contribution in [-0.4, -0.2) is 24.6 Å². The van der Waals surface area contributed by atoms with Gasteiger partial charge < -0.3 is 5.32 Å². The minimum atomic E-state index is -0.410. The molecule has 1 aromatic heterocycles. The second-order valence-electron chi connectivity index (χ2n) is 4.64. The molecule has 0 unspecified atom stereocenters. The van der Waals surface area contributed by atoms with Crippen molar-refractivity contribution in [3.8, 4) is 0 Å². The second kappa shape index (κ2) is 7.68. The zero-order valence-electron chi connectivity index (χ0n) is 11.4. The van der Waals surface area contributed by atoms with E-state index in [1.807, 2.05) is 32.2 Å². The highest BCUT2D eigenvalue weighted by molar-refractivity contribution is 7.11. The summed E-state index contributed by atoms with van der Waals surface area (Å²) in [7, 11) is 0. The van der Waals surface area contributed by atoms with Crippen molar-refractivity contribution in [2.24, 2.45) is 11.0 Å². The molecule has 0 fully saturated rings. The molecular weight excluding hydrogens is 262 g/mol. The van der Waals surface area contributed by atoms with Crippen LogP contribution in [-0.2, 0) is 9.59 Å². The number of carbonyl (C=O) groups excluding carboxylic acids is 2. The van der Waals surface area contributed by atoms with Gasteiger partial charge in [0, 0.05) is 11.4 Å². The average molecular weight is 281 g/mol. The molecule has 1 heterocycles. The number of rotatable bonds is 6. The topological polar surface area (TPSA) is 70.6 Å². The van der Waals surface area contributed by atoms with Gasteiger partial charge in [-0.15, -0.1) is 11.3 Å². The Morgan fingerprint density at radius 1 is 1.42 bits per heavy atom. The van der Waals surface area contributed by atoms with Crippen molar-refractivity contribution in [1.82, 2.24) is 10.7 Å². The Balaban J connectivity index is 2.30. The van der Waals surface area contributed by atoms with E-state index < -0.39 is 5.91 Å². The van der Waals surface area contributed by atoms with Gasteiger partial charge in [-0.2, -0.15) is 5.10 Å². The summed E-state index contributed by atoms with van der Waals surface area (Å²) in [5, 5.41) is 8.46. The van der Waals surface area contributed by atoms with Crippen LogP contribution in [0.25, 0.3) is 0 Å². The number of hydrazone groups is 1. The Kier molecular flexibility index (Phi) is 6.21. The summed E-state index contributed by atoms with van der Waals surface area (Å²) in [6, 6.07) is 1.98. The van der Waals surface area contributed by atoms with Crippen LogP contribution in [0.3, 0.4) is 0 Å². The van der Waals surface area contributed by atoms with Crippen LogP contribution < -0.4 is 10.7 Å². The monoisotopic (exact) mass is 281 g/mol. The van der Waals surface area contributed by atoms with Crippen molar-refractivity contribution in [3.63, 3.8) is 0 Å². The van der Waals surface area contributed by atoms with Gasteiger partial charge in [0.15, 0.2) is 0 Å². The molecule has 0 aromatic carbocycles. The van der Waals surface area contributed by atoms with Crippen LogP contribution >= 0.6 is 11.3 Å². The fraction of sp³-hybridized carbons (Fsp3) is 0.462. The minimum Gasteiger partial charge on any atom is -0.355 e. The molecule has 1 rings (SSSR count). The number of nitrogens with one attached hydrogen (secondary N) is 2. The van der Waals surface area contributed by atoms with Crippen molar-refractivity contribution >= 4 is 29.4 Å². The molecule has 5 nitrogen and oxygen atoms in total. The van der Waals surface area contributed by atoms with E-state index in [0.717, 1.165) is 10.4 Å². The molecule has 2 N–H and O–H groups in total. The maximum Gasteiger partial charge on any atom is 0.249 e. The maximum atomic E-state index is 11.4. The van der Waals surface area contributed by atoms with Crippen LogP contribution in [0.2, 0.25) is 0 Å². The average Bonchev–Trinajstić information content (AvgIpc) is 2.72. The Labute approximate surface area is 117 Å².